The van der Waals surface area contributed by atoms with Gasteiger partial charge in [0.1, 0.15) is 0 Å². The lowest BCUT2D eigenvalue weighted by Gasteiger charge is -2.37. The second-order valence-electron chi connectivity index (χ2n) is 5.89. The molecule has 2 atom stereocenters. The Morgan fingerprint density at radius 2 is 2.32 bits per heavy atom. The van der Waals surface area contributed by atoms with Crippen LogP contribution in [0.3, 0.4) is 0 Å². The summed E-state index contributed by atoms with van der Waals surface area (Å²) >= 11 is 1.48. The number of thioether (sulfide) groups is 1. The standard InChI is InChI=1S/C14H20N4O3S/c1-9-15-12(21-16-9)7-22-8-14(20)18-4-3-10-5-13(19)17(2)11(10)6-18/h10-11H,3-8H2,1-2H3/t10-,11-/m1/s1. The van der Waals surface area contributed by atoms with E-state index in [2.05, 4.69) is 10.1 Å². The van der Waals surface area contributed by atoms with Crippen LogP contribution in [0.4, 0.5) is 0 Å². The maximum Gasteiger partial charge on any atom is 0.236 e. The van der Waals surface area contributed by atoms with Gasteiger partial charge in [0.05, 0.1) is 17.5 Å². The van der Waals surface area contributed by atoms with Gasteiger partial charge in [0.2, 0.25) is 17.7 Å². The van der Waals surface area contributed by atoms with Crippen molar-refractivity contribution in [1.82, 2.24) is 19.9 Å². The van der Waals surface area contributed by atoms with Gasteiger partial charge >= 0.3 is 0 Å². The van der Waals surface area contributed by atoms with Crippen molar-refractivity contribution in [2.24, 2.45) is 5.92 Å². The van der Waals surface area contributed by atoms with Crippen LogP contribution in [0.2, 0.25) is 0 Å². The number of aryl methyl sites for hydroxylation is 1. The molecule has 2 fully saturated rings. The van der Waals surface area contributed by atoms with Gasteiger partial charge in [-0.2, -0.15) is 4.98 Å². The highest BCUT2D eigenvalue weighted by molar-refractivity contribution is 7.99. The number of carbonyl (C=O) groups excluding carboxylic acids is 2. The molecule has 120 valence electrons. The van der Waals surface area contributed by atoms with Crippen molar-refractivity contribution in [3.8, 4) is 0 Å². The lowest BCUT2D eigenvalue weighted by Crippen LogP contribution is -2.50. The molecule has 0 saturated carbocycles. The van der Waals surface area contributed by atoms with Crippen LogP contribution in [0.25, 0.3) is 0 Å². The molecule has 8 heteroatoms. The van der Waals surface area contributed by atoms with Crippen LogP contribution < -0.4 is 0 Å². The molecular formula is C14H20N4O3S. The lowest BCUT2D eigenvalue weighted by atomic mass is 9.92. The molecule has 2 saturated heterocycles. The second kappa shape index (κ2) is 6.28. The normalized spacial score (nSPS) is 24.7. The Hall–Kier alpha value is -1.57. The summed E-state index contributed by atoms with van der Waals surface area (Å²) in [4.78, 5) is 31.8. The van der Waals surface area contributed by atoms with Crippen molar-refractivity contribution >= 4 is 23.6 Å². The molecule has 1 aromatic heterocycles. The highest BCUT2D eigenvalue weighted by atomic mass is 32.2. The van der Waals surface area contributed by atoms with Crippen molar-refractivity contribution < 1.29 is 14.1 Å². The van der Waals surface area contributed by atoms with Crippen LogP contribution in [-0.2, 0) is 15.3 Å². The fraction of sp³-hybridized carbons (Fsp3) is 0.714. The third kappa shape index (κ3) is 3.11. The van der Waals surface area contributed by atoms with Crippen molar-refractivity contribution in [1.29, 1.82) is 0 Å². The predicted octanol–water partition coefficient (Wildman–Crippen LogP) is 0.690. The van der Waals surface area contributed by atoms with Gasteiger partial charge in [0.15, 0.2) is 5.82 Å². The molecule has 3 heterocycles. The molecular weight excluding hydrogens is 304 g/mol. The largest absolute Gasteiger partial charge is 0.341 e. The van der Waals surface area contributed by atoms with E-state index in [1.54, 1.807) is 11.8 Å². The molecule has 0 aromatic carbocycles. The molecule has 0 spiro atoms. The number of aromatic nitrogens is 2. The Morgan fingerprint density at radius 1 is 1.50 bits per heavy atom. The molecule has 22 heavy (non-hydrogen) atoms. The molecule has 1 aromatic rings. The van der Waals surface area contributed by atoms with Crippen LogP contribution in [0, 0.1) is 12.8 Å². The first-order chi connectivity index (χ1) is 10.5. The molecule has 0 aliphatic carbocycles. The number of nitrogens with zero attached hydrogens (tertiary/aromatic N) is 4. The zero-order valence-electron chi connectivity index (χ0n) is 12.8. The molecule has 2 amide bonds. The third-order valence-corrected chi connectivity index (χ3v) is 5.32. The lowest BCUT2D eigenvalue weighted by molar-refractivity contribution is -0.132. The van der Waals surface area contributed by atoms with Gasteiger partial charge in [-0.25, -0.2) is 0 Å². The molecule has 0 radical (unpaired) electrons. The molecule has 0 N–H and O–H groups in total. The number of likely N-dealkylation sites (tertiary alicyclic amines) is 2. The van der Waals surface area contributed by atoms with E-state index in [-0.39, 0.29) is 17.9 Å². The van der Waals surface area contributed by atoms with Gasteiger partial charge in [-0.05, 0) is 19.3 Å². The Bertz CT molecular complexity index is 576. The summed E-state index contributed by atoms with van der Waals surface area (Å²) in [5.74, 6) is 2.84. The number of likely N-dealkylation sites (N-methyl/N-ethyl adjacent to an activating group) is 1. The summed E-state index contributed by atoms with van der Waals surface area (Å²) in [5, 5.41) is 3.72. The maximum atomic E-state index is 12.3. The van der Waals surface area contributed by atoms with E-state index < -0.39 is 0 Å². The quantitative estimate of drug-likeness (QED) is 0.811. The SMILES string of the molecule is Cc1noc(CSCC(=O)N2CC[C@@H]3CC(=O)N(C)[C@@H]3C2)n1. The minimum Gasteiger partial charge on any atom is -0.341 e. The monoisotopic (exact) mass is 324 g/mol. The maximum absolute atomic E-state index is 12.3. The topological polar surface area (TPSA) is 79.5 Å². The average Bonchev–Trinajstić information content (AvgIpc) is 3.03. The fourth-order valence-electron chi connectivity index (χ4n) is 3.15. The molecule has 0 unspecified atom stereocenters. The number of amides is 2. The number of piperidine rings is 1. The highest BCUT2D eigenvalue weighted by Gasteiger charge is 2.41. The molecule has 3 rings (SSSR count). The van der Waals surface area contributed by atoms with Gasteiger partial charge in [0, 0.05) is 26.6 Å². The smallest absolute Gasteiger partial charge is 0.236 e. The molecule has 2 aliphatic rings. The van der Waals surface area contributed by atoms with Gasteiger partial charge in [-0.15, -0.1) is 11.8 Å². The number of fused-ring (bicyclic) bond motifs is 1. The van der Waals surface area contributed by atoms with Crippen LogP contribution in [0.5, 0.6) is 0 Å². The molecule has 2 aliphatic heterocycles. The van der Waals surface area contributed by atoms with E-state index in [1.807, 2.05) is 11.9 Å². The van der Waals surface area contributed by atoms with Crippen molar-refractivity contribution in [3.05, 3.63) is 11.7 Å². The van der Waals surface area contributed by atoms with E-state index in [0.29, 0.717) is 42.1 Å². The van der Waals surface area contributed by atoms with E-state index in [9.17, 15) is 9.59 Å². The second-order valence-corrected chi connectivity index (χ2v) is 6.88. The minimum absolute atomic E-state index is 0.118. The van der Waals surface area contributed by atoms with E-state index >= 15 is 0 Å². The third-order valence-electron chi connectivity index (χ3n) is 4.42. The van der Waals surface area contributed by atoms with E-state index in [0.717, 1.165) is 13.0 Å². The Balaban J connectivity index is 1.47. The van der Waals surface area contributed by atoms with Crippen LogP contribution in [0.1, 0.15) is 24.6 Å². The fourth-order valence-corrected chi connectivity index (χ4v) is 3.90. The van der Waals surface area contributed by atoms with Crippen LogP contribution in [0.15, 0.2) is 4.52 Å². The van der Waals surface area contributed by atoms with Crippen LogP contribution >= 0.6 is 11.8 Å². The number of hydrogen-bond donors (Lipinski definition) is 0. The van der Waals surface area contributed by atoms with Gasteiger partial charge < -0.3 is 14.3 Å². The Kier molecular flexibility index (Phi) is 4.37. The molecule has 0 bridgehead atoms. The Morgan fingerprint density at radius 3 is 3.05 bits per heavy atom. The summed E-state index contributed by atoms with van der Waals surface area (Å²) in [7, 11) is 1.84. The van der Waals surface area contributed by atoms with Gasteiger partial charge in [-0.3, -0.25) is 9.59 Å². The van der Waals surface area contributed by atoms with E-state index in [1.165, 1.54) is 11.8 Å². The first-order valence-electron chi connectivity index (χ1n) is 7.45. The number of rotatable bonds is 4. The number of hydrogen-bond acceptors (Lipinski definition) is 6. The zero-order chi connectivity index (χ0) is 15.7. The van der Waals surface area contributed by atoms with E-state index in [4.69, 9.17) is 4.52 Å². The predicted molar refractivity (Wildman–Crippen MR) is 81.1 cm³/mol. The van der Waals surface area contributed by atoms with Crippen molar-refractivity contribution in [2.75, 3.05) is 25.9 Å². The zero-order valence-corrected chi connectivity index (χ0v) is 13.6. The highest BCUT2D eigenvalue weighted by Crippen LogP contribution is 2.31. The van der Waals surface area contributed by atoms with Crippen molar-refractivity contribution in [2.45, 2.75) is 31.6 Å². The number of carbonyl (C=O) groups is 2. The summed E-state index contributed by atoms with van der Waals surface area (Å²) in [6, 6.07) is 0.189. The van der Waals surface area contributed by atoms with Crippen LogP contribution in [-0.4, -0.2) is 63.7 Å². The molecule has 7 nitrogen and oxygen atoms in total. The first-order valence-corrected chi connectivity index (χ1v) is 8.60. The summed E-state index contributed by atoms with van der Waals surface area (Å²) < 4.78 is 5.02. The van der Waals surface area contributed by atoms with Crippen molar-refractivity contribution in [3.63, 3.8) is 0 Å². The van der Waals surface area contributed by atoms with Gasteiger partial charge in [0.25, 0.3) is 0 Å². The summed E-state index contributed by atoms with van der Waals surface area (Å²) in [6.07, 6.45) is 1.55. The first kappa shape index (κ1) is 15.3. The summed E-state index contributed by atoms with van der Waals surface area (Å²) in [5.41, 5.74) is 0. The minimum atomic E-state index is 0.118. The average molecular weight is 324 g/mol. The Labute approximate surface area is 133 Å². The summed E-state index contributed by atoms with van der Waals surface area (Å²) in [6.45, 7) is 3.18. The van der Waals surface area contributed by atoms with Gasteiger partial charge in [-0.1, -0.05) is 5.16 Å².